The number of amides is 1. The highest BCUT2D eigenvalue weighted by atomic mass is 16.1. The van der Waals surface area contributed by atoms with Crippen LogP contribution in [0, 0.1) is 0 Å². The van der Waals surface area contributed by atoms with Crippen molar-refractivity contribution in [1.82, 2.24) is 19.8 Å². The summed E-state index contributed by atoms with van der Waals surface area (Å²) in [5.41, 5.74) is 7.75. The lowest BCUT2D eigenvalue weighted by Gasteiger charge is -2.16. The highest BCUT2D eigenvalue weighted by Gasteiger charge is 2.24. The van der Waals surface area contributed by atoms with Crippen LogP contribution in [0.3, 0.4) is 0 Å². The van der Waals surface area contributed by atoms with E-state index in [-0.39, 0.29) is 0 Å². The van der Waals surface area contributed by atoms with Crippen molar-refractivity contribution in [2.24, 2.45) is 5.73 Å². The Morgan fingerprint density at radius 1 is 1.50 bits per heavy atom. The van der Waals surface area contributed by atoms with Crippen LogP contribution in [0.25, 0.3) is 11.0 Å². The Kier molecular flexibility index (Phi) is 4.13. The molecule has 3 rings (SSSR count). The van der Waals surface area contributed by atoms with Gasteiger partial charge >= 0.3 is 0 Å². The number of imidazole rings is 1. The molecule has 1 aromatic heterocycles. The highest BCUT2D eigenvalue weighted by Crippen LogP contribution is 2.27. The molecule has 2 heterocycles. The maximum absolute atomic E-state index is 11.7. The number of hydrogen-bond acceptors (Lipinski definition) is 4. The summed E-state index contributed by atoms with van der Waals surface area (Å²) in [5.74, 6) is 1.05. The number of fused-ring (bicyclic) bond motifs is 1. The molecule has 1 fully saturated rings. The van der Waals surface area contributed by atoms with Gasteiger partial charge in [-0.3, -0.25) is 4.79 Å². The molecule has 2 aromatic rings. The van der Waals surface area contributed by atoms with Gasteiger partial charge in [-0.2, -0.15) is 0 Å². The van der Waals surface area contributed by atoms with Crippen molar-refractivity contribution < 1.29 is 4.79 Å². The lowest BCUT2D eigenvalue weighted by atomic mass is 10.1. The number of primary amides is 1. The van der Waals surface area contributed by atoms with E-state index in [9.17, 15) is 4.79 Å². The average molecular weight is 301 g/mol. The standard InChI is InChI=1S/C16H23N5O/c1-20(2)8-9-21-13-5-3-4-12(15(17)22)14(13)19-16(21)11-6-7-18-10-11/h3-5,11,18H,6-10H2,1-2H3,(H2,17,22). The number of nitrogens with one attached hydrogen (secondary N) is 1. The molecule has 1 aliphatic rings. The molecule has 6 heteroatoms. The summed E-state index contributed by atoms with van der Waals surface area (Å²) in [4.78, 5) is 18.6. The third kappa shape index (κ3) is 2.71. The smallest absolute Gasteiger partial charge is 0.250 e. The second kappa shape index (κ2) is 6.06. The Balaban J connectivity index is 2.12. The first-order valence-electron chi connectivity index (χ1n) is 7.72. The fourth-order valence-corrected chi connectivity index (χ4v) is 3.09. The van der Waals surface area contributed by atoms with Crippen molar-refractivity contribution in [3.8, 4) is 0 Å². The molecule has 0 bridgehead atoms. The van der Waals surface area contributed by atoms with Crippen LogP contribution in [0.1, 0.15) is 28.5 Å². The molecular formula is C16H23N5O. The van der Waals surface area contributed by atoms with E-state index in [0.29, 0.717) is 11.5 Å². The minimum atomic E-state index is -0.418. The van der Waals surface area contributed by atoms with Crippen molar-refractivity contribution in [2.75, 3.05) is 33.7 Å². The lowest BCUT2D eigenvalue weighted by Crippen LogP contribution is -2.21. The number of nitrogens with two attached hydrogens (primary N) is 1. The first-order chi connectivity index (χ1) is 10.6. The summed E-state index contributed by atoms with van der Waals surface area (Å²) < 4.78 is 2.25. The minimum absolute atomic E-state index is 0.398. The molecule has 1 saturated heterocycles. The monoisotopic (exact) mass is 301 g/mol. The highest BCUT2D eigenvalue weighted by molar-refractivity contribution is 6.04. The van der Waals surface area contributed by atoms with E-state index in [0.717, 1.165) is 49.5 Å². The van der Waals surface area contributed by atoms with E-state index < -0.39 is 5.91 Å². The predicted octanol–water partition coefficient (Wildman–Crippen LogP) is 0.774. The quantitative estimate of drug-likeness (QED) is 0.855. The summed E-state index contributed by atoms with van der Waals surface area (Å²) in [7, 11) is 4.12. The Morgan fingerprint density at radius 2 is 2.32 bits per heavy atom. The molecule has 0 saturated carbocycles. The Morgan fingerprint density at radius 3 is 2.95 bits per heavy atom. The summed E-state index contributed by atoms with van der Waals surface area (Å²) in [6.07, 6.45) is 1.08. The van der Waals surface area contributed by atoms with Crippen LogP contribution < -0.4 is 11.1 Å². The van der Waals surface area contributed by atoms with E-state index in [2.05, 4.69) is 28.9 Å². The van der Waals surface area contributed by atoms with Crippen molar-refractivity contribution in [3.63, 3.8) is 0 Å². The largest absolute Gasteiger partial charge is 0.366 e. The zero-order valence-corrected chi connectivity index (χ0v) is 13.2. The number of carbonyl (C=O) groups is 1. The molecule has 22 heavy (non-hydrogen) atoms. The maximum atomic E-state index is 11.7. The van der Waals surface area contributed by atoms with Crippen molar-refractivity contribution >= 4 is 16.9 Å². The van der Waals surface area contributed by atoms with Gasteiger partial charge in [0, 0.05) is 25.6 Å². The van der Waals surface area contributed by atoms with Crippen LogP contribution in [0.4, 0.5) is 0 Å². The number of carbonyl (C=O) groups excluding carboxylic acids is 1. The van der Waals surface area contributed by atoms with Crippen LogP contribution in [-0.2, 0) is 6.54 Å². The van der Waals surface area contributed by atoms with Gasteiger partial charge in [0.05, 0.1) is 11.1 Å². The van der Waals surface area contributed by atoms with Crippen molar-refractivity contribution in [1.29, 1.82) is 0 Å². The van der Waals surface area contributed by atoms with E-state index in [1.165, 1.54) is 0 Å². The second-order valence-electron chi connectivity index (χ2n) is 6.15. The fraction of sp³-hybridized carbons (Fsp3) is 0.500. The number of benzene rings is 1. The van der Waals surface area contributed by atoms with Gasteiger partial charge in [0.2, 0.25) is 0 Å². The number of aromatic nitrogens is 2. The van der Waals surface area contributed by atoms with E-state index in [1.807, 2.05) is 12.1 Å². The van der Waals surface area contributed by atoms with E-state index in [1.54, 1.807) is 6.07 Å². The number of nitrogens with zero attached hydrogens (tertiary/aromatic N) is 3. The summed E-state index contributed by atoms with van der Waals surface area (Å²) in [6, 6.07) is 5.66. The third-order valence-electron chi connectivity index (χ3n) is 4.27. The van der Waals surface area contributed by atoms with Crippen LogP contribution in [-0.4, -0.2) is 54.1 Å². The first-order valence-corrected chi connectivity index (χ1v) is 7.72. The normalized spacial score (nSPS) is 18.4. The van der Waals surface area contributed by atoms with Gasteiger partial charge in [-0.25, -0.2) is 4.98 Å². The third-order valence-corrected chi connectivity index (χ3v) is 4.27. The van der Waals surface area contributed by atoms with Gasteiger partial charge in [-0.1, -0.05) is 6.07 Å². The zero-order valence-electron chi connectivity index (χ0n) is 13.2. The van der Waals surface area contributed by atoms with Gasteiger partial charge in [0.1, 0.15) is 11.3 Å². The number of likely N-dealkylation sites (N-methyl/N-ethyl adjacent to an activating group) is 1. The SMILES string of the molecule is CN(C)CCn1c(C2CCNC2)nc2c(C(N)=O)cccc21. The topological polar surface area (TPSA) is 76.2 Å². The molecule has 1 atom stereocenters. The molecule has 118 valence electrons. The van der Waals surface area contributed by atoms with Crippen LogP contribution in [0.2, 0.25) is 0 Å². The molecule has 1 amide bonds. The maximum Gasteiger partial charge on any atom is 0.250 e. The molecule has 0 aliphatic carbocycles. The summed E-state index contributed by atoms with van der Waals surface area (Å²) in [6.45, 7) is 3.75. The van der Waals surface area contributed by atoms with E-state index >= 15 is 0 Å². The van der Waals surface area contributed by atoms with E-state index in [4.69, 9.17) is 10.7 Å². The van der Waals surface area contributed by atoms with Crippen molar-refractivity contribution in [2.45, 2.75) is 18.9 Å². The van der Waals surface area contributed by atoms with Crippen molar-refractivity contribution in [3.05, 3.63) is 29.6 Å². The summed E-state index contributed by atoms with van der Waals surface area (Å²) >= 11 is 0. The van der Waals surface area contributed by atoms with Gasteiger partial charge in [-0.15, -0.1) is 0 Å². The second-order valence-corrected chi connectivity index (χ2v) is 6.15. The predicted molar refractivity (Wildman–Crippen MR) is 87.0 cm³/mol. The van der Waals surface area contributed by atoms with Gasteiger partial charge < -0.3 is 20.5 Å². The van der Waals surface area contributed by atoms with Gasteiger partial charge in [-0.05, 0) is 39.2 Å². The minimum Gasteiger partial charge on any atom is -0.366 e. The molecule has 0 spiro atoms. The first kappa shape index (κ1) is 15.0. The zero-order chi connectivity index (χ0) is 15.7. The summed E-state index contributed by atoms with van der Waals surface area (Å²) in [5, 5.41) is 3.39. The lowest BCUT2D eigenvalue weighted by molar-refractivity contribution is 0.100. The molecule has 1 aliphatic heterocycles. The molecule has 6 nitrogen and oxygen atoms in total. The van der Waals surface area contributed by atoms with Crippen LogP contribution >= 0.6 is 0 Å². The van der Waals surface area contributed by atoms with Gasteiger partial charge in [0.25, 0.3) is 5.91 Å². The number of para-hydroxylation sites is 1. The Bertz CT molecular complexity index is 685. The number of rotatable bonds is 5. The molecule has 1 unspecified atom stereocenters. The Hall–Kier alpha value is -1.92. The van der Waals surface area contributed by atoms with Gasteiger partial charge in [0.15, 0.2) is 0 Å². The Labute approximate surface area is 130 Å². The molecule has 3 N–H and O–H groups in total. The molecule has 1 aromatic carbocycles. The number of hydrogen-bond donors (Lipinski definition) is 2. The van der Waals surface area contributed by atoms with Crippen LogP contribution in [0.15, 0.2) is 18.2 Å². The fourth-order valence-electron chi connectivity index (χ4n) is 3.09. The average Bonchev–Trinajstić information content (AvgIpc) is 3.11. The molecule has 0 radical (unpaired) electrons. The van der Waals surface area contributed by atoms with Crippen LogP contribution in [0.5, 0.6) is 0 Å². The molecular weight excluding hydrogens is 278 g/mol.